The molecular formula is C34H48N4O9S2. The molecule has 13 nitrogen and oxygen atoms in total. The zero-order chi connectivity index (χ0) is 36.8. The quantitative estimate of drug-likeness (QED) is 0.170. The molecule has 1 atom stereocenters. The molecule has 2 aromatic rings. The highest BCUT2D eigenvalue weighted by Crippen LogP contribution is 2.50. The lowest BCUT2D eigenvalue weighted by molar-refractivity contribution is -0.385. The Morgan fingerprint density at radius 1 is 0.796 bits per heavy atom. The smallest absolute Gasteiger partial charge is 0.407 e. The number of nitro benzene ring substituents is 2. The summed E-state index contributed by atoms with van der Waals surface area (Å²) in [4.78, 5) is 45.0. The van der Waals surface area contributed by atoms with Crippen LogP contribution in [0.3, 0.4) is 0 Å². The van der Waals surface area contributed by atoms with E-state index in [0.29, 0.717) is 24.4 Å². The Morgan fingerprint density at radius 3 is 1.51 bits per heavy atom. The summed E-state index contributed by atoms with van der Waals surface area (Å²) < 4.78 is 22.2. The van der Waals surface area contributed by atoms with Crippen molar-refractivity contribution < 1.29 is 33.1 Å². The van der Waals surface area contributed by atoms with Gasteiger partial charge in [-0.1, -0.05) is 12.1 Å². The van der Waals surface area contributed by atoms with Crippen LogP contribution in [-0.2, 0) is 42.6 Å². The van der Waals surface area contributed by atoms with E-state index >= 15 is 0 Å². The predicted molar refractivity (Wildman–Crippen MR) is 191 cm³/mol. The van der Waals surface area contributed by atoms with Crippen LogP contribution >= 0.6 is 11.8 Å². The summed E-state index contributed by atoms with van der Waals surface area (Å²) in [5, 5.41) is 27.7. The molecule has 2 saturated carbocycles. The molecule has 0 saturated heterocycles. The number of hydrogen-bond acceptors (Lipinski definition) is 10. The van der Waals surface area contributed by atoms with E-state index in [4.69, 9.17) is 9.47 Å². The highest BCUT2D eigenvalue weighted by atomic mass is 32.2. The molecule has 15 heteroatoms. The van der Waals surface area contributed by atoms with E-state index in [0.717, 1.165) is 42.4 Å². The molecule has 2 amide bonds. The maximum absolute atomic E-state index is 11.9. The molecule has 2 aliphatic carbocycles. The van der Waals surface area contributed by atoms with Crippen LogP contribution in [0, 0.1) is 20.2 Å². The van der Waals surface area contributed by atoms with Crippen LogP contribution in [0.2, 0.25) is 0 Å². The van der Waals surface area contributed by atoms with Crippen LogP contribution in [0.1, 0.15) is 89.5 Å². The fourth-order valence-corrected chi connectivity index (χ4v) is 6.76. The summed E-state index contributed by atoms with van der Waals surface area (Å²) in [5.74, 6) is 0.969. The summed E-state index contributed by atoms with van der Waals surface area (Å²) in [5.41, 5.74) is 2.30. The lowest BCUT2D eigenvalue weighted by Crippen LogP contribution is -2.37. The van der Waals surface area contributed by atoms with Crippen LogP contribution in [0.5, 0.6) is 0 Å². The van der Waals surface area contributed by atoms with Crippen molar-refractivity contribution in [1.29, 1.82) is 0 Å². The number of carbonyl (C=O) groups is 2. The third-order valence-corrected chi connectivity index (χ3v) is 9.36. The molecule has 0 heterocycles. The number of amides is 2. The molecule has 2 N–H and O–H groups in total. The Kier molecular flexibility index (Phi) is 12.9. The first kappa shape index (κ1) is 39.7. The molecule has 2 fully saturated rings. The third kappa shape index (κ3) is 12.0. The zero-order valence-electron chi connectivity index (χ0n) is 29.5. The van der Waals surface area contributed by atoms with Crippen molar-refractivity contribution in [2.24, 2.45) is 0 Å². The Hall–Kier alpha value is -3.72. The van der Waals surface area contributed by atoms with E-state index in [1.807, 2.05) is 33.1 Å². The standard InChI is InChI=1S/C17H24N2O5S.C17H24N2O4S/c1-16(2,3)24-15(20)18-11-17(7-8-17)14-6-5-13(19(21)22)9-12(14)10-25(4)23;1-16(2,3)23-15(20)18-11-17(7-8-17)14-6-5-13(19(21)22)9-12(14)10-24-4/h5-6,9H,7-8,10-11H2,1-4H3,(H,18,20);5-6,9H,7-8,10-11H2,1-4H3,(H,18,20). The maximum Gasteiger partial charge on any atom is 0.407 e. The van der Waals surface area contributed by atoms with Crippen molar-refractivity contribution >= 4 is 46.1 Å². The van der Waals surface area contributed by atoms with Crippen molar-refractivity contribution in [2.45, 2.75) is 101 Å². The molecule has 0 radical (unpaired) electrons. The highest BCUT2D eigenvalue weighted by molar-refractivity contribution is 7.97. The number of alkyl carbamates (subject to hydrolysis) is 2. The molecule has 4 rings (SSSR count). The van der Waals surface area contributed by atoms with Gasteiger partial charge in [0.05, 0.1) is 9.85 Å². The second-order valence-electron chi connectivity index (χ2n) is 14.6. The Morgan fingerprint density at radius 2 is 1.18 bits per heavy atom. The SMILES string of the molecule is CS(=O)Cc1cc([N+](=O)[O-])ccc1C1(CNC(=O)OC(C)(C)C)CC1.CSCc1cc([N+](=O)[O-])ccc1C1(CNC(=O)OC(C)(C)C)CC1. The Balaban J connectivity index is 0.000000266. The minimum absolute atomic E-state index is 0.0138. The number of nitrogens with zero attached hydrogens (tertiary/aromatic N) is 2. The number of nitrogens with one attached hydrogen (secondary N) is 2. The van der Waals surface area contributed by atoms with Gasteiger partial charge in [-0.2, -0.15) is 11.8 Å². The maximum atomic E-state index is 11.9. The van der Waals surface area contributed by atoms with Crippen LogP contribution < -0.4 is 10.6 Å². The predicted octanol–water partition coefficient (Wildman–Crippen LogP) is 7.04. The second kappa shape index (κ2) is 15.9. The minimum Gasteiger partial charge on any atom is -0.444 e. The van der Waals surface area contributed by atoms with Gasteiger partial charge in [0.25, 0.3) is 11.4 Å². The molecule has 0 spiro atoms. The Labute approximate surface area is 294 Å². The number of non-ortho nitro benzene ring substituents is 2. The fraction of sp³-hybridized carbons (Fsp3) is 0.588. The van der Waals surface area contributed by atoms with Gasteiger partial charge in [0, 0.05) is 76.7 Å². The molecule has 0 aromatic heterocycles. The molecular weight excluding hydrogens is 673 g/mol. The van der Waals surface area contributed by atoms with Gasteiger partial charge in [-0.05, 0) is 95.7 Å². The number of benzene rings is 2. The first-order valence-corrected chi connectivity index (χ1v) is 19.1. The van der Waals surface area contributed by atoms with E-state index < -0.39 is 39.1 Å². The van der Waals surface area contributed by atoms with Gasteiger partial charge in [-0.25, -0.2) is 9.59 Å². The van der Waals surface area contributed by atoms with E-state index in [1.54, 1.807) is 57.0 Å². The second-order valence-corrected chi connectivity index (χ2v) is 16.9. The number of ether oxygens (including phenoxy) is 2. The van der Waals surface area contributed by atoms with Gasteiger partial charge in [0.15, 0.2) is 0 Å². The topological polar surface area (TPSA) is 180 Å². The monoisotopic (exact) mass is 720 g/mol. The highest BCUT2D eigenvalue weighted by Gasteiger charge is 2.47. The summed E-state index contributed by atoms with van der Waals surface area (Å²) >= 11 is 1.63. The van der Waals surface area contributed by atoms with Crippen LogP contribution in [0.4, 0.5) is 21.0 Å². The lowest BCUT2D eigenvalue weighted by atomic mass is 9.91. The largest absolute Gasteiger partial charge is 0.444 e. The fourth-order valence-electron chi connectivity index (χ4n) is 5.53. The molecule has 0 aliphatic heterocycles. The summed E-state index contributed by atoms with van der Waals surface area (Å²) in [6, 6.07) is 9.72. The third-order valence-electron chi connectivity index (χ3n) is 8.05. The minimum atomic E-state index is -1.12. The first-order chi connectivity index (χ1) is 22.7. The number of rotatable bonds is 12. The van der Waals surface area contributed by atoms with E-state index in [1.165, 1.54) is 12.1 Å². The Bertz CT molecular complexity index is 1580. The number of thioether (sulfide) groups is 1. The van der Waals surface area contributed by atoms with Crippen molar-refractivity contribution in [2.75, 3.05) is 25.6 Å². The van der Waals surface area contributed by atoms with Crippen LogP contribution in [-0.4, -0.2) is 63.0 Å². The lowest BCUT2D eigenvalue weighted by Gasteiger charge is -2.23. The van der Waals surface area contributed by atoms with Gasteiger partial charge >= 0.3 is 12.2 Å². The van der Waals surface area contributed by atoms with Crippen molar-refractivity contribution in [3.63, 3.8) is 0 Å². The summed E-state index contributed by atoms with van der Waals surface area (Å²) in [7, 11) is -1.12. The van der Waals surface area contributed by atoms with Gasteiger partial charge in [0.2, 0.25) is 0 Å². The van der Waals surface area contributed by atoms with Crippen molar-refractivity contribution in [3.8, 4) is 0 Å². The van der Waals surface area contributed by atoms with Crippen molar-refractivity contribution in [3.05, 3.63) is 78.9 Å². The number of nitro groups is 2. The van der Waals surface area contributed by atoms with Crippen LogP contribution in [0.15, 0.2) is 36.4 Å². The van der Waals surface area contributed by atoms with Gasteiger partial charge in [0.1, 0.15) is 11.2 Å². The van der Waals surface area contributed by atoms with Gasteiger partial charge < -0.3 is 20.1 Å². The average molecular weight is 721 g/mol. The van der Waals surface area contributed by atoms with Crippen LogP contribution in [0.25, 0.3) is 0 Å². The molecule has 1 unspecified atom stereocenters. The van der Waals surface area contributed by atoms with Gasteiger partial charge in [-0.3, -0.25) is 24.4 Å². The molecule has 2 aromatic carbocycles. The van der Waals surface area contributed by atoms with Gasteiger partial charge in [-0.15, -0.1) is 0 Å². The van der Waals surface area contributed by atoms with Crippen molar-refractivity contribution in [1.82, 2.24) is 10.6 Å². The normalized spacial score (nSPS) is 16.2. The molecule has 49 heavy (non-hydrogen) atoms. The molecule has 0 bridgehead atoms. The first-order valence-electron chi connectivity index (χ1n) is 16.0. The van der Waals surface area contributed by atoms with E-state index in [-0.39, 0.29) is 32.9 Å². The van der Waals surface area contributed by atoms with E-state index in [2.05, 4.69) is 10.6 Å². The zero-order valence-corrected chi connectivity index (χ0v) is 31.1. The summed E-state index contributed by atoms with van der Waals surface area (Å²) in [6.07, 6.45) is 6.28. The molecule has 2 aliphatic rings. The average Bonchev–Trinajstić information content (AvgIpc) is 3.90. The summed E-state index contributed by atoms with van der Waals surface area (Å²) in [6.45, 7) is 11.7. The molecule has 270 valence electrons. The number of hydrogen-bond donors (Lipinski definition) is 2. The number of carbonyl (C=O) groups excluding carboxylic acids is 2. The van der Waals surface area contributed by atoms with E-state index in [9.17, 15) is 34.0 Å².